The number of hydrogen-bond donors (Lipinski definition) is 1. The summed E-state index contributed by atoms with van der Waals surface area (Å²) in [7, 11) is 0. The van der Waals surface area contributed by atoms with Crippen LogP contribution in [0.25, 0.3) is 11.0 Å². The summed E-state index contributed by atoms with van der Waals surface area (Å²) in [5.74, 6) is 2.73. The van der Waals surface area contributed by atoms with E-state index in [0.29, 0.717) is 18.3 Å². The van der Waals surface area contributed by atoms with Gasteiger partial charge in [-0.3, -0.25) is 4.79 Å². The van der Waals surface area contributed by atoms with Gasteiger partial charge in [-0.15, -0.1) is 0 Å². The van der Waals surface area contributed by atoms with Gasteiger partial charge in [0.25, 0.3) is 5.91 Å². The minimum atomic E-state index is -0.251. The molecule has 0 spiro atoms. The number of rotatable bonds is 12. The first-order valence-corrected chi connectivity index (χ1v) is 12.7. The first-order valence-electron chi connectivity index (χ1n) is 12.7. The lowest BCUT2D eigenvalue weighted by atomic mass is 10.0. The number of nitrogens with one attached hydrogen (secondary N) is 1. The van der Waals surface area contributed by atoms with Crippen molar-refractivity contribution in [3.05, 3.63) is 90.3 Å². The van der Waals surface area contributed by atoms with E-state index >= 15 is 0 Å². The summed E-state index contributed by atoms with van der Waals surface area (Å²) < 4.78 is 13.9. The van der Waals surface area contributed by atoms with Crippen LogP contribution >= 0.6 is 0 Å². The van der Waals surface area contributed by atoms with Crippen molar-refractivity contribution in [3.8, 4) is 11.5 Å². The molecule has 0 radical (unpaired) electrons. The minimum Gasteiger partial charge on any atom is -0.493 e. The highest BCUT2D eigenvalue weighted by molar-refractivity contribution is 5.79. The van der Waals surface area contributed by atoms with Gasteiger partial charge < -0.3 is 19.4 Å². The van der Waals surface area contributed by atoms with Gasteiger partial charge in [0.05, 0.1) is 23.7 Å². The fourth-order valence-electron chi connectivity index (χ4n) is 4.32. The zero-order valence-electron chi connectivity index (χ0n) is 21.3. The van der Waals surface area contributed by atoms with Gasteiger partial charge in [0, 0.05) is 6.54 Å². The van der Waals surface area contributed by atoms with Crippen LogP contribution in [-0.2, 0) is 11.3 Å². The number of amides is 1. The average Bonchev–Trinajstić information content (AvgIpc) is 3.27. The Labute approximate surface area is 213 Å². The van der Waals surface area contributed by atoms with Crippen molar-refractivity contribution >= 4 is 16.9 Å². The molecule has 0 aliphatic heterocycles. The zero-order valence-corrected chi connectivity index (χ0v) is 21.3. The fourth-order valence-corrected chi connectivity index (χ4v) is 4.32. The molecular formula is C30H35N3O3. The number of ether oxygens (including phenoxy) is 2. The molecule has 1 N–H and O–H groups in total. The Kier molecular flexibility index (Phi) is 8.61. The topological polar surface area (TPSA) is 65.4 Å². The number of fused-ring (bicyclic) bond motifs is 1. The second-order valence-electron chi connectivity index (χ2n) is 9.25. The van der Waals surface area contributed by atoms with E-state index in [0.717, 1.165) is 42.0 Å². The number of hydrogen-bond acceptors (Lipinski definition) is 4. The van der Waals surface area contributed by atoms with Gasteiger partial charge in [-0.1, -0.05) is 62.4 Å². The highest BCUT2D eigenvalue weighted by Gasteiger charge is 2.18. The van der Waals surface area contributed by atoms with E-state index in [-0.39, 0.29) is 18.6 Å². The molecule has 1 atom stereocenters. The Bertz CT molecular complexity index is 1270. The summed E-state index contributed by atoms with van der Waals surface area (Å²) >= 11 is 0. The molecule has 6 heteroatoms. The van der Waals surface area contributed by atoms with E-state index in [1.807, 2.05) is 67.6 Å². The van der Waals surface area contributed by atoms with Crippen LogP contribution in [0.15, 0.2) is 78.9 Å². The molecule has 1 amide bonds. The number of unbranched alkanes of at least 4 members (excludes halogenated alkanes) is 1. The average molecular weight is 486 g/mol. The van der Waals surface area contributed by atoms with Gasteiger partial charge in [-0.25, -0.2) is 4.98 Å². The minimum absolute atomic E-state index is 0.0379. The molecule has 1 aromatic heterocycles. The second kappa shape index (κ2) is 12.2. The van der Waals surface area contributed by atoms with Gasteiger partial charge in [0.1, 0.15) is 17.3 Å². The van der Waals surface area contributed by atoms with Gasteiger partial charge in [-0.05, 0) is 61.6 Å². The van der Waals surface area contributed by atoms with Crippen molar-refractivity contribution in [2.75, 3.05) is 13.2 Å². The molecule has 1 unspecified atom stereocenters. The molecule has 0 aliphatic rings. The van der Waals surface area contributed by atoms with Crippen molar-refractivity contribution < 1.29 is 14.3 Å². The van der Waals surface area contributed by atoms with Gasteiger partial charge in [0.2, 0.25) is 0 Å². The maximum Gasteiger partial charge on any atom is 0.258 e. The Balaban J connectivity index is 1.36. The second-order valence-corrected chi connectivity index (χ2v) is 9.25. The summed E-state index contributed by atoms with van der Waals surface area (Å²) in [5.41, 5.74) is 3.23. The van der Waals surface area contributed by atoms with Gasteiger partial charge in [-0.2, -0.15) is 0 Å². The van der Waals surface area contributed by atoms with E-state index in [9.17, 15) is 4.79 Å². The third kappa shape index (κ3) is 6.45. The molecule has 6 nitrogen and oxygen atoms in total. The lowest BCUT2D eigenvalue weighted by Crippen LogP contribution is -2.32. The largest absolute Gasteiger partial charge is 0.493 e. The monoisotopic (exact) mass is 485 g/mol. The molecule has 0 bridgehead atoms. The number of nitrogens with zero attached hydrogens (tertiary/aromatic N) is 2. The maximum absolute atomic E-state index is 12.5. The molecule has 188 valence electrons. The van der Waals surface area contributed by atoms with Crippen LogP contribution in [0.3, 0.4) is 0 Å². The van der Waals surface area contributed by atoms with E-state index in [4.69, 9.17) is 14.5 Å². The first-order chi connectivity index (χ1) is 17.5. The molecule has 0 saturated carbocycles. The molecule has 3 aromatic carbocycles. The highest BCUT2D eigenvalue weighted by Crippen LogP contribution is 2.26. The number of imidazole rings is 1. The van der Waals surface area contributed by atoms with E-state index in [1.54, 1.807) is 0 Å². The van der Waals surface area contributed by atoms with Crippen molar-refractivity contribution in [3.63, 3.8) is 0 Å². The SMILES string of the molecule is CC(C)c1ccccc1OCCCCn1c(C(C)NC(=O)COc2ccccc2)nc2ccccc21. The maximum atomic E-state index is 12.5. The van der Waals surface area contributed by atoms with E-state index < -0.39 is 0 Å². The fraction of sp³-hybridized carbons (Fsp3) is 0.333. The summed E-state index contributed by atoms with van der Waals surface area (Å²) in [6.45, 7) is 7.75. The van der Waals surface area contributed by atoms with Gasteiger partial charge in [0.15, 0.2) is 6.61 Å². The molecule has 0 saturated heterocycles. The Morgan fingerprint density at radius 3 is 2.42 bits per heavy atom. The van der Waals surface area contributed by atoms with Gasteiger partial charge >= 0.3 is 0 Å². The van der Waals surface area contributed by atoms with Crippen molar-refractivity contribution in [2.24, 2.45) is 0 Å². The molecule has 36 heavy (non-hydrogen) atoms. The van der Waals surface area contributed by atoms with Crippen LogP contribution in [0.4, 0.5) is 0 Å². The Hall–Kier alpha value is -3.80. The quantitative estimate of drug-likeness (QED) is 0.240. The summed E-state index contributed by atoms with van der Waals surface area (Å²) in [6.07, 6.45) is 1.86. The number of carbonyl (C=O) groups is 1. The predicted octanol–water partition coefficient (Wildman–Crippen LogP) is 6.28. The normalized spacial score (nSPS) is 12.0. The van der Waals surface area contributed by atoms with Crippen LogP contribution < -0.4 is 14.8 Å². The lowest BCUT2D eigenvalue weighted by molar-refractivity contribution is -0.123. The number of aryl methyl sites for hydroxylation is 1. The van der Waals surface area contributed by atoms with Crippen LogP contribution in [0.5, 0.6) is 11.5 Å². The van der Waals surface area contributed by atoms with Crippen LogP contribution in [0.1, 0.15) is 57.0 Å². The van der Waals surface area contributed by atoms with E-state index in [2.05, 4.69) is 41.9 Å². The number of para-hydroxylation sites is 4. The standard InChI is InChI=1S/C30H35N3O3/c1-22(2)25-15-7-10-18-28(25)35-20-12-11-19-33-27-17-9-8-16-26(27)32-30(33)23(3)31-29(34)21-36-24-13-5-4-6-14-24/h4-10,13-18,22-23H,11-12,19-21H2,1-3H3,(H,31,34). The number of carbonyl (C=O) groups excluding carboxylic acids is 1. The summed E-state index contributed by atoms with van der Waals surface area (Å²) in [6, 6.07) is 25.4. The van der Waals surface area contributed by atoms with Crippen LogP contribution in [0, 0.1) is 0 Å². The molecule has 4 rings (SSSR count). The first kappa shape index (κ1) is 25.3. The summed E-state index contributed by atoms with van der Waals surface area (Å²) in [4.78, 5) is 17.4. The Morgan fingerprint density at radius 2 is 1.61 bits per heavy atom. The molecule has 4 aromatic rings. The number of benzene rings is 3. The predicted molar refractivity (Wildman–Crippen MR) is 143 cm³/mol. The summed E-state index contributed by atoms with van der Waals surface area (Å²) in [5, 5.41) is 3.04. The molecular weight excluding hydrogens is 450 g/mol. The Morgan fingerprint density at radius 1 is 0.889 bits per heavy atom. The molecule has 0 fully saturated rings. The lowest BCUT2D eigenvalue weighted by Gasteiger charge is -2.17. The molecule has 1 heterocycles. The van der Waals surface area contributed by atoms with Crippen molar-refractivity contribution in [2.45, 2.75) is 52.1 Å². The third-order valence-corrected chi connectivity index (χ3v) is 6.14. The zero-order chi connectivity index (χ0) is 25.3. The van der Waals surface area contributed by atoms with E-state index in [1.165, 1.54) is 5.56 Å². The third-order valence-electron chi connectivity index (χ3n) is 6.14. The van der Waals surface area contributed by atoms with Crippen LogP contribution in [-0.4, -0.2) is 28.7 Å². The number of aromatic nitrogens is 2. The highest BCUT2D eigenvalue weighted by atomic mass is 16.5. The molecule has 0 aliphatic carbocycles. The smallest absolute Gasteiger partial charge is 0.258 e. The van der Waals surface area contributed by atoms with Crippen LogP contribution in [0.2, 0.25) is 0 Å². The van der Waals surface area contributed by atoms with Crippen molar-refractivity contribution in [1.82, 2.24) is 14.9 Å². The van der Waals surface area contributed by atoms with Crippen molar-refractivity contribution in [1.29, 1.82) is 0 Å².